The molecule has 1 atom stereocenters. The Morgan fingerprint density at radius 2 is 1.68 bits per heavy atom. The van der Waals surface area contributed by atoms with Gasteiger partial charge in [0.1, 0.15) is 0 Å². The molecule has 0 aliphatic carbocycles. The van der Waals surface area contributed by atoms with Crippen LogP contribution in [0.4, 0.5) is 18.0 Å². The van der Waals surface area contributed by atoms with Gasteiger partial charge in [0, 0.05) is 20.1 Å². The molecule has 3 rings (SSSR count). The number of hydrogen-bond acceptors (Lipinski definition) is 4. The second-order valence-electron chi connectivity index (χ2n) is 7.50. The largest absolute Gasteiger partial charge is 0.416 e. The molecule has 1 fully saturated rings. The van der Waals surface area contributed by atoms with Crippen LogP contribution in [0.3, 0.4) is 0 Å². The van der Waals surface area contributed by atoms with Gasteiger partial charge in [0.15, 0.2) is 0 Å². The average molecular weight is 456 g/mol. The number of alkyl halides is 3. The van der Waals surface area contributed by atoms with Gasteiger partial charge in [-0.15, -0.1) is 0 Å². The molecule has 2 amide bonds. The highest BCUT2D eigenvalue weighted by atomic mass is 32.2. The summed E-state index contributed by atoms with van der Waals surface area (Å²) in [5, 5.41) is 0. The maximum Gasteiger partial charge on any atom is 0.416 e. The third kappa shape index (κ3) is 5.56. The number of nitrogens with zero attached hydrogens (tertiary/aromatic N) is 2. The number of urea groups is 1. The first-order chi connectivity index (χ1) is 14.5. The summed E-state index contributed by atoms with van der Waals surface area (Å²) < 4.78 is 67.7. The highest BCUT2D eigenvalue weighted by Crippen LogP contribution is 2.29. The number of aryl methyl sites for hydroxylation is 1. The van der Waals surface area contributed by atoms with Gasteiger partial charge in [-0.1, -0.05) is 29.8 Å². The first-order valence-corrected chi connectivity index (χ1v) is 11.0. The zero-order valence-electron chi connectivity index (χ0n) is 17.1. The Morgan fingerprint density at radius 1 is 1.06 bits per heavy atom. The van der Waals surface area contributed by atoms with E-state index in [1.165, 1.54) is 34.1 Å². The second-order valence-corrected chi connectivity index (χ2v) is 9.12. The Balaban J connectivity index is 1.55. The van der Waals surface area contributed by atoms with Crippen molar-refractivity contribution >= 4 is 16.1 Å². The second kappa shape index (κ2) is 8.88. The molecule has 6 nitrogen and oxygen atoms in total. The quantitative estimate of drug-likeness (QED) is 0.590. The van der Waals surface area contributed by atoms with Gasteiger partial charge in [0.05, 0.1) is 23.1 Å². The third-order valence-electron chi connectivity index (χ3n) is 5.21. The van der Waals surface area contributed by atoms with Crippen LogP contribution in [0.25, 0.3) is 0 Å². The molecule has 0 N–H and O–H groups in total. The lowest BCUT2D eigenvalue weighted by Crippen LogP contribution is -2.31. The summed E-state index contributed by atoms with van der Waals surface area (Å²) in [6.07, 6.45) is -4.11. The van der Waals surface area contributed by atoms with E-state index in [9.17, 15) is 26.4 Å². The first kappa shape index (κ1) is 23.1. The standard InChI is InChI=1S/C21H23F3N2O4S/c1-15-3-9-19(10-4-15)31(28,29)30-12-11-18-14-26(20(27)25(18)2)13-16-5-7-17(8-6-16)21(22,23)24/h3-10,18H,11-14H2,1-2H3. The predicted molar refractivity (Wildman–Crippen MR) is 108 cm³/mol. The van der Waals surface area contributed by atoms with Crippen molar-refractivity contribution in [3.8, 4) is 0 Å². The minimum atomic E-state index is -4.41. The van der Waals surface area contributed by atoms with Crippen LogP contribution in [-0.2, 0) is 27.0 Å². The minimum Gasteiger partial charge on any atom is -0.323 e. The zero-order valence-corrected chi connectivity index (χ0v) is 17.9. The molecule has 0 aromatic heterocycles. The van der Waals surface area contributed by atoms with E-state index in [1.807, 2.05) is 6.92 Å². The van der Waals surface area contributed by atoms with Gasteiger partial charge in [-0.2, -0.15) is 21.6 Å². The molecule has 0 bridgehead atoms. The van der Waals surface area contributed by atoms with Crippen molar-refractivity contribution in [2.24, 2.45) is 0 Å². The van der Waals surface area contributed by atoms with E-state index in [2.05, 4.69) is 0 Å². The van der Waals surface area contributed by atoms with Gasteiger partial charge in [0.2, 0.25) is 0 Å². The van der Waals surface area contributed by atoms with E-state index in [-0.39, 0.29) is 30.1 Å². The highest BCUT2D eigenvalue weighted by Gasteiger charge is 2.35. The fraction of sp³-hybridized carbons (Fsp3) is 0.381. The summed E-state index contributed by atoms with van der Waals surface area (Å²) in [6.45, 7) is 2.25. The van der Waals surface area contributed by atoms with E-state index in [0.717, 1.165) is 17.7 Å². The van der Waals surface area contributed by atoms with Crippen molar-refractivity contribution in [3.63, 3.8) is 0 Å². The summed E-state index contributed by atoms with van der Waals surface area (Å²) in [7, 11) is -2.28. The zero-order chi connectivity index (χ0) is 22.8. The topological polar surface area (TPSA) is 66.9 Å². The smallest absolute Gasteiger partial charge is 0.323 e. The van der Waals surface area contributed by atoms with Gasteiger partial charge in [-0.3, -0.25) is 4.18 Å². The van der Waals surface area contributed by atoms with Crippen molar-refractivity contribution in [2.75, 3.05) is 20.2 Å². The van der Waals surface area contributed by atoms with E-state index in [1.54, 1.807) is 19.2 Å². The lowest BCUT2D eigenvalue weighted by Gasteiger charge is -2.17. The van der Waals surface area contributed by atoms with Crippen molar-refractivity contribution in [2.45, 2.75) is 37.0 Å². The van der Waals surface area contributed by atoms with Gasteiger partial charge in [-0.25, -0.2) is 4.79 Å². The highest BCUT2D eigenvalue weighted by molar-refractivity contribution is 7.86. The van der Waals surface area contributed by atoms with Crippen molar-refractivity contribution < 1.29 is 30.6 Å². The molecule has 1 heterocycles. The average Bonchev–Trinajstić information content (AvgIpc) is 2.96. The Morgan fingerprint density at radius 3 is 2.26 bits per heavy atom. The lowest BCUT2D eigenvalue weighted by molar-refractivity contribution is -0.137. The first-order valence-electron chi connectivity index (χ1n) is 9.61. The summed E-state index contributed by atoms with van der Waals surface area (Å²) >= 11 is 0. The van der Waals surface area contributed by atoms with Gasteiger partial charge >= 0.3 is 12.2 Å². The van der Waals surface area contributed by atoms with Crippen LogP contribution in [0, 0.1) is 6.92 Å². The van der Waals surface area contributed by atoms with Crippen LogP contribution in [0.5, 0.6) is 0 Å². The lowest BCUT2D eigenvalue weighted by atomic mass is 10.1. The van der Waals surface area contributed by atoms with Crippen LogP contribution in [0.2, 0.25) is 0 Å². The molecule has 1 saturated heterocycles. The molecule has 0 saturated carbocycles. The van der Waals surface area contributed by atoms with Crippen LogP contribution < -0.4 is 0 Å². The molecular formula is C21H23F3N2O4S. The number of hydrogen-bond donors (Lipinski definition) is 0. The number of rotatable bonds is 7. The van der Waals surface area contributed by atoms with E-state index < -0.39 is 21.9 Å². The van der Waals surface area contributed by atoms with E-state index in [4.69, 9.17) is 4.18 Å². The Kier molecular flexibility index (Phi) is 6.61. The van der Waals surface area contributed by atoms with Gasteiger partial charge < -0.3 is 9.80 Å². The molecule has 31 heavy (non-hydrogen) atoms. The Labute approximate surface area is 179 Å². The van der Waals surface area contributed by atoms with E-state index in [0.29, 0.717) is 18.5 Å². The van der Waals surface area contributed by atoms with Crippen LogP contribution in [-0.4, -0.2) is 50.5 Å². The Bertz CT molecular complexity index is 1020. The van der Waals surface area contributed by atoms with Crippen LogP contribution in [0.1, 0.15) is 23.1 Å². The summed E-state index contributed by atoms with van der Waals surface area (Å²) in [5.41, 5.74) is 0.762. The van der Waals surface area contributed by atoms with Crippen molar-refractivity contribution in [1.29, 1.82) is 0 Å². The fourth-order valence-corrected chi connectivity index (χ4v) is 4.26. The molecular weight excluding hydrogens is 433 g/mol. The molecule has 1 aliphatic heterocycles. The number of carbonyl (C=O) groups excluding carboxylic acids is 1. The number of amides is 2. The maximum atomic E-state index is 12.7. The summed E-state index contributed by atoms with van der Waals surface area (Å²) in [6, 6.07) is 10.4. The summed E-state index contributed by atoms with van der Waals surface area (Å²) in [5.74, 6) is 0. The van der Waals surface area contributed by atoms with Crippen LogP contribution in [0.15, 0.2) is 53.4 Å². The molecule has 168 valence electrons. The number of carbonyl (C=O) groups is 1. The molecule has 1 aliphatic rings. The van der Waals surface area contributed by atoms with Crippen molar-refractivity contribution in [3.05, 3.63) is 65.2 Å². The van der Waals surface area contributed by atoms with Gasteiger partial charge in [-0.05, 0) is 43.2 Å². The minimum absolute atomic E-state index is 0.0675. The molecule has 1 unspecified atom stereocenters. The number of benzene rings is 2. The maximum absolute atomic E-state index is 12.7. The Hall–Kier alpha value is -2.59. The van der Waals surface area contributed by atoms with E-state index >= 15 is 0 Å². The SMILES string of the molecule is Cc1ccc(S(=O)(=O)OCCC2CN(Cc3ccc(C(F)(F)F)cc3)C(=O)N2C)cc1. The van der Waals surface area contributed by atoms with Crippen molar-refractivity contribution in [1.82, 2.24) is 9.80 Å². The van der Waals surface area contributed by atoms with Gasteiger partial charge in [0.25, 0.3) is 10.1 Å². The normalized spacial score (nSPS) is 17.5. The summed E-state index contributed by atoms with van der Waals surface area (Å²) in [4.78, 5) is 15.5. The molecule has 2 aromatic carbocycles. The predicted octanol–water partition coefficient (Wildman–Crippen LogP) is 4.05. The molecule has 2 aromatic rings. The number of likely N-dealkylation sites (N-methyl/N-ethyl adjacent to an activating group) is 1. The van der Waals surface area contributed by atoms with Crippen LogP contribution >= 0.6 is 0 Å². The number of halogens is 3. The molecule has 10 heteroatoms. The molecule has 0 radical (unpaired) electrons. The fourth-order valence-electron chi connectivity index (χ4n) is 3.34. The molecule has 0 spiro atoms. The third-order valence-corrected chi connectivity index (χ3v) is 6.53. The monoisotopic (exact) mass is 456 g/mol.